The summed E-state index contributed by atoms with van der Waals surface area (Å²) in [7, 11) is 1.65. The molecule has 0 bridgehead atoms. The van der Waals surface area contributed by atoms with Crippen molar-refractivity contribution < 1.29 is 13.5 Å². The summed E-state index contributed by atoms with van der Waals surface area (Å²) in [5, 5.41) is 0.722. The Bertz CT molecular complexity index is 828. The van der Waals surface area contributed by atoms with Gasteiger partial charge in [0.15, 0.2) is 11.6 Å². The average Bonchev–Trinajstić information content (AvgIpc) is 2.81. The zero-order chi connectivity index (χ0) is 16.4. The molecule has 0 fully saturated rings. The first-order valence-corrected chi connectivity index (χ1v) is 7.50. The summed E-state index contributed by atoms with van der Waals surface area (Å²) < 4.78 is 34.5. The van der Waals surface area contributed by atoms with Crippen molar-refractivity contribution >= 4 is 10.9 Å². The molecule has 0 spiro atoms. The molecule has 0 radical (unpaired) electrons. The molecule has 3 aromatic rings. The molecule has 2 heterocycles. The number of nitrogens with zero attached hydrogens (tertiary/aromatic N) is 2. The fraction of sp³-hybridized carbons (Fsp3) is 0.278. The molecule has 0 N–H and O–H groups in total. The number of benzene rings is 1. The fourth-order valence-corrected chi connectivity index (χ4v) is 2.98. The predicted molar refractivity (Wildman–Crippen MR) is 86.3 cm³/mol. The summed E-state index contributed by atoms with van der Waals surface area (Å²) in [5.41, 5.74) is 3.48. The Morgan fingerprint density at radius 3 is 2.70 bits per heavy atom. The highest BCUT2D eigenvalue weighted by molar-refractivity contribution is 5.91. The molecular weight excluding hydrogens is 298 g/mol. The molecule has 0 saturated heterocycles. The molecule has 3 nitrogen and oxygen atoms in total. The van der Waals surface area contributed by atoms with Crippen molar-refractivity contribution in [2.45, 2.75) is 19.9 Å². The third kappa shape index (κ3) is 2.84. The van der Waals surface area contributed by atoms with Crippen molar-refractivity contribution in [3.63, 3.8) is 0 Å². The van der Waals surface area contributed by atoms with E-state index >= 15 is 0 Å². The first-order valence-electron chi connectivity index (χ1n) is 7.50. The third-order valence-corrected chi connectivity index (χ3v) is 4.02. The summed E-state index contributed by atoms with van der Waals surface area (Å²) in [6.07, 6.45) is 4.25. The van der Waals surface area contributed by atoms with E-state index in [0.29, 0.717) is 18.7 Å². The van der Waals surface area contributed by atoms with Gasteiger partial charge >= 0.3 is 0 Å². The Balaban J connectivity index is 2.23. The number of pyridine rings is 1. The van der Waals surface area contributed by atoms with Crippen LogP contribution in [0.15, 0.2) is 36.7 Å². The Morgan fingerprint density at radius 2 is 2.00 bits per heavy atom. The van der Waals surface area contributed by atoms with Crippen molar-refractivity contribution in [1.29, 1.82) is 0 Å². The van der Waals surface area contributed by atoms with E-state index < -0.39 is 11.6 Å². The van der Waals surface area contributed by atoms with Crippen LogP contribution in [0.2, 0.25) is 0 Å². The van der Waals surface area contributed by atoms with Gasteiger partial charge in [-0.15, -0.1) is 0 Å². The van der Waals surface area contributed by atoms with Crippen molar-refractivity contribution in [1.82, 2.24) is 9.55 Å². The molecule has 0 amide bonds. The van der Waals surface area contributed by atoms with Crippen molar-refractivity contribution in [3.8, 4) is 11.3 Å². The lowest BCUT2D eigenvalue weighted by Gasteiger charge is -2.11. The zero-order valence-corrected chi connectivity index (χ0v) is 13.1. The maximum atomic E-state index is 13.7. The summed E-state index contributed by atoms with van der Waals surface area (Å²) in [5.74, 6) is -1.66. The number of methoxy groups -OCH3 is 1. The SMILES string of the molecule is COCCCn1c(-c2cccnc2)c(C)c2cc(F)c(F)cc21. The highest BCUT2D eigenvalue weighted by Crippen LogP contribution is 2.34. The minimum atomic E-state index is -0.833. The fourth-order valence-electron chi connectivity index (χ4n) is 2.98. The van der Waals surface area contributed by atoms with E-state index in [1.807, 2.05) is 23.6 Å². The number of aryl methyl sites for hydroxylation is 2. The number of aromatic nitrogens is 2. The summed E-state index contributed by atoms with van der Waals surface area (Å²) in [4.78, 5) is 4.16. The molecule has 0 aliphatic carbocycles. The van der Waals surface area contributed by atoms with Gasteiger partial charge in [-0.3, -0.25) is 4.98 Å². The van der Waals surface area contributed by atoms with Gasteiger partial charge in [0.05, 0.1) is 11.2 Å². The number of rotatable bonds is 5. The van der Waals surface area contributed by atoms with Gasteiger partial charge in [-0.25, -0.2) is 8.78 Å². The summed E-state index contributed by atoms with van der Waals surface area (Å²) in [6.45, 7) is 3.19. The first-order chi connectivity index (χ1) is 11.1. The first kappa shape index (κ1) is 15.6. The summed E-state index contributed by atoms with van der Waals surface area (Å²) >= 11 is 0. The molecule has 23 heavy (non-hydrogen) atoms. The molecule has 0 saturated carbocycles. The smallest absolute Gasteiger partial charge is 0.160 e. The van der Waals surface area contributed by atoms with Crippen LogP contribution in [-0.4, -0.2) is 23.3 Å². The number of ether oxygens (including phenoxy) is 1. The van der Waals surface area contributed by atoms with E-state index in [1.54, 1.807) is 19.5 Å². The Labute approximate surface area is 133 Å². The Morgan fingerprint density at radius 1 is 1.22 bits per heavy atom. The van der Waals surface area contributed by atoms with Gasteiger partial charge in [0.2, 0.25) is 0 Å². The van der Waals surface area contributed by atoms with Crippen LogP contribution in [0.4, 0.5) is 8.78 Å². The third-order valence-electron chi connectivity index (χ3n) is 4.02. The molecule has 2 aromatic heterocycles. The molecule has 3 rings (SSSR count). The molecule has 0 aliphatic rings. The van der Waals surface area contributed by atoms with E-state index in [-0.39, 0.29) is 0 Å². The maximum Gasteiger partial charge on any atom is 0.160 e. The second-order valence-electron chi connectivity index (χ2n) is 5.50. The van der Waals surface area contributed by atoms with Crippen LogP contribution < -0.4 is 0 Å². The highest BCUT2D eigenvalue weighted by atomic mass is 19.2. The standard InChI is InChI=1S/C18H18F2N2O/c1-12-14-9-15(19)16(20)10-17(14)22(7-4-8-23-2)18(12)13-5-3-6-21-11-13/h3,5-6,9-11H,4,7-8H2,1-2H3. The largest absolute Gasteiger partial charge is 0.385 e. The van der Waals surface area contributed by atoms with Gasteiger partial charge in [-0.05, 0) is 37.1 Å². The topological polar surface area (TPSA) is 27.1 Å². The Hall–Kier alpha value is -2.27. The minimum Gasteiger partial charge on any atom is -0.385 e. The van der Waals surface area contributed by atoms with Gasteiger partial charge < -0.3 is 9.30 Å². The number of hydrogen-bond acceptors (Lipinski definition) is 2. The normalized spacial score (nSPS) is 11.3. The van der Waals surface area contributed by atoms with Gasteiger partial charge in [0, 0.05) is 49.7 Å². The van der Waals surface area contributed by atoms with E-state index in [9.17, 15) is 8.78 Å². The van der Waals surface area contributed by atoms with E-state index in [4.69, 9.17) is 4.74 Å². The van der Waals surface area contributed by atoms with E-state index in [0.717, 1.165) is 28.6 Å². The molecule has 1 aromatic carbocycles. The van der Waals surface area contributed by atoms with Crippen molar-refractivity contribution in [3.05, 3.63) is 53.9 Å². The minimum absolute atomic E-state index is 0.606. The summed E-state index contributed by atoms with van der Waals surface area (Å²) in [6, 6.07) is 6.35. The molecular formula is C18H18F2N2O. The lowest BCUT2D eigenvalue weighted by molar-refractivity contribution is 0.191. The lowest BCUT2D eigenvalue weighted by atomic mass is 10.1. The lowest BCUT2D eigenvalue weighted by Crippen LogP contribution is -2.04. The second kappa shape index (κ2) is 6.46. The molecule has 0 aliphatic heterocycles. The van der Waals surface area contributed by atoms with Gasteiger partial charge in [-0.2, -0.15) is 0 Å². The zero-order valence-electron chi connectivity index (χ0n) is 13.1. The van der Waals surface area contributed by atoms with Gasteiger partial charge in [0.1, 0.15) is 0 Å². The number of halogens is 2. The van der Waals surface area contributed by atoms with Gasteiger partial charge in [-0.1, -0.05) is 0 Å². The van der Waals surface area contributed by atoms with Crippen LogP contribution >= 0.6 is 0 Å². The molecule has 120 valence electrons. The quantitative estimate of drug-likeness (QED) is 0.655. The predicted octanol–water partition coefficient (Wildman–Crippen LogP) is 4.33. The van der Waals surface area contributed by atoms with Crippen LogP contribution in [0.5, 0.6) is 0 Å². The molecule has 0 atom stereocenters. The van der Waals surface area contributed by atoms with Crippen molar-refractivity contribution in [2.24, 2.45) is 0 Å². The molecule has 5 heteroatoms. The number of hydrogen-bond donors (Lipinski definition) is 0. The Kier molecular flexibility index (Phi) is 4.39. The maximum absolute atomic E-state index is 13.7. The average molecular weight is 316 g/mol. The van der Waals surface area contributed by atoms with Gasteiger partial charge in [0.25, 0.3) is 0 Å². The van der Waals surface area contributed by atoms with Crippen LogP contribution in [-0.2, 0) is 11.3 Å². The van der Waals surface area contributed by atoms with Crippen LogP contribution in [0.25, 0.3) is 22.2 Å². The monoisotopic (exact) mass is 316 g/mol. The number of fused-ring (bicyclic) bond motifs is 1. The molecule has 0 unspecified atom stereocenters. The van der Waals surface area contributed by atoms with Crippen LogP contribution in [0.1, 0.15) is 12.0 Å². The van der Waals surface area contributed by atoms with E-state index in [2.05, 4.69) is 4.98 Å². The van der Waals surface area contributed by atoms with E-state index in [1.165, 1.54) is 12.1 Å². The highest BCUT2D eigenvalue weighted by Gasteiger charge is 2.18. The van der Waals surface area contributed by atoms with Crippen LogP contribution in [0, 0.1) is 18.6 Å². The van der Waals surface area contributed by atoms with Crippen LogP contribution in [0.3, 0.4) is 0 Å². The second-order valence-corrected chi connectivity index (χ2v) is 5.50. The van der Waals surface area contributed by atoms with Crippen molar-refractivity contribution in [2.75, 3.05) is 13.7 Å².